The van der Waals surface area contributed by atoms with Gasteiger partial charge in [0.15, 0.2) is 0 Å². The summed E-state index contributed by atoms with van der Waals surface area (Å²) in [5, 5.41) is 2.72. The molecule has 1 heterocycles. The minimum absolute atomic E-state index is 0.0846. The van der Waals surface area contributed by atoms with Crippen molar-refractivity contribution in [3.63, 3.8) is 0 Å². The summed E-state index contributed by atoms with van der Waals surface area (Å²) in [4.78, 5) is 11.3. The summed E-state index contributed by atoms with van der Waals surface area (Å²) in [5.74, 6) is 0.227. The van der Waals surface area contributed by atoms with Crippen LogP contribution in [0.2, 0.25) is 0 Å². The number of para-hydroxylation sites is 1. The smallest absolute Gasteiger partial charge is 0.411 e. The van der Waals surface area contributed by atoms with E-state index < -0.39 is 0 Å². The number of carbonyl (C=O) groups excluding carboxylic acids is 1. The largest absolute Gasteiger partial charge is 0.446 e. The number of fused-ring (bicyclic) bond motifs is 1. The standard InChI is InChI=1S/C11H13NO2/c1-7-8(2)14-11(13)12-10-6-4-3-5-9(7)10/h3-8H,1-2H3,(H,12,13)/t7-,8-/m0/s1. The zero-order chi connectivity index (χ0) is 10.1. The van der Waals surface area contributed by atoms with Crippen molar-refractivity contribution >= 4 is 11.8 Å². The van der Waals surface area contributed by atoms with Gasteiger partial charge in [-0.05, 0) is 18.6 Å². The van der Waals surface area contributed by atoms with Crippen molar-refractivity contribution < 1.29 is 9.53 Å². The fourth-order valence-electron chi connectivity index (χ4n) is 1.67. The Bertz CT molecular complexity index is 362. The number of amides is 1. The molecule has 0 bridgehead atoms. The fourth-order valence-corrected chi connectivity index (χ4v) is 1.67. The molecule has 1 aromatic carbocycles. The number of nitrogens with one attached hydrogen (secondary N) is 1. The Morgan fingerprint density at radius 3 is 2.79 bits per heavy atom. The number of rotatable bonds is 0. The van der Waals surface area contributed by atoms with Gasteiger partial charge in [0.1, 0.15) is 6.10 Å². The van der Waals surface area contributed by atoms with Crippen LogP contribution < -0.4 is 5.32 Å². The lowest BCUT2D eigenvalue weighted by molar-refractivity contribution is 0.110. The van der Waals surface area contributed by atoms with Gasteiger partial charge in [-0.3, -0.25) is 5.32 Å². The molecule has 0 fully saturated rings. The van der Waals surface area contributed by atoms with Crippen LogP contribution in [-0.4, -0.2) is 12.2 Å². The molecular formula is C11H13NO2. The molecule has 0 saturated heterocycles. The topological polar surface area (TPSA) is 38.3 Å². The number of anilines is 1. The van der Waals surface area contributed by atoms with Crippen molar-refractivity contribution in [1.29, 1.82) is 0 Å². The van der Waals surface area contributed by atoms with Gasteiger partial charge in [-0.2, -0.15) is 0 Å². The maximum absolute atomic E-state index is 11.3. The predicted molar refractivity (Wildman–Crippen MR) is 54.4 cm³/mol. The molecule has 0 spiro atoms. The maximum atomic E-state index is 11.3. The van der Waals surface area contributed by atoms with Crippen LogP contribution in [0.25, 0.3) is 0 Å². The quantitative estimate of drug-likeness (QED) is 0.684. The first kappa shape index (κ1) is 9.06. The van der Waals surface area contributed by atoms with Crippen LogP contribution in [0.4, 0.5) is 10.5 Å². The van der Waals surface area contributed by atoms with E-state index in [1.165, 1.54) is 0 Å². The van der Waals surface area contributed by atoms with E-state index in [9.17, 15) is 4.79 Å². The van der Waals surface area contributed by atoms with Gasteiger partial charge in [-0.25, -0.2) is 4.79 Å². The van der Waals surface area contributed by atoms with Crippen LogP contribution in [-0.2, 0) is 4.74 Å². The average Bonchev–Trinajstić information content (AvgIpc) is 2.26. The molecule has 1 amide bonds. The summed E-state index contributed by atoms with van der Waals surface area (Å²) < 4.78 is 5.16. The van der Waals surface area contributed by atoms with Gasteiger partial charge in [0.25, 0.3) is 0 Å². The fraction of sp³-hybridized carbons (Fsp3) is 0.364. The highest BCUT2D eigenvalue weighted by molar-refractivity contribution is 5.86. The molecule has 3 heteroatoms. The van der Waals surface area contributed by atoms with Crippen molar-refractivity contribution in [1.82, 2.24) is 0 Å². The van der Waals surface area contributed by atoms with Crippen LogP contribution in [0.1, 0.15) is 25.3 Å². The monoisotopic (exact) mass is 191 g/mol. The van der Waals surface area contributed by atoms with Gasteiger partial charge < -0.3 is 4.74 Å². The first-order valence-electron chi connectivity index (χ1n) is 4.75. The molecule has 0 radical (unpaired) electrons. The van der Waals surface area contributed by atoms with Crippen LogP contribution in [0.5, 0.6) is 0 Å². The Hall–Kier alpha value is -1.51. The van der Waals surface area contributed by atoms with E-state index >= 15 is 0 Å². The highest BCUT2D eigenvalue weighted by Crippen LogP contribution is 2.30. The molecule has 14 heavy (non-hydrogen) atoms. The van der Waals surface area contributed by atoms with Gasteiger partial charge in [0.05, 0.1) is 0 Å². The number of hydrogen-bond donors (Lipinski definition) is 1. The van der Waals surface area contributed by atoms with Crippen LogP contribution in [0.3, 0.4) is 0 Å². The lowest BCUT2D eigenvalue weighted by Gasteiger charge is -2.16. The van der Waals surface area contributed by atoms with Crippen LogP contribution >= 0.6 is 0 Å². The van der Waals surface area contributed by atoms with E-state index in [4.69, 9.17) is 4.74 Å². The summed E-state index contributed by atoms with van der Waals surface area (Å²) in [6.45, 7) is 3.97. The van der Waals surface area contributed by atoms with E-state index in [0.717, 1.165) is 11.3 Å². The molecular weight excluding hydrogens is 178 g/mol. The van der Waals surface area contributed by atoms with E-state index in [2.05, 4.69) is 12.2 Å². The number of ether oxygens (including phenoxy) is 1. The van der Waals surface area contributed by atoms with Crippen molar-refractivity contribution in [2.75, 3.05) is 5.32 Å². The lowest BCUT2D eigenvalue weighted by Crippen LogP contribution is -2.19. The van der Waals surface area contributed by atoms with Crippen LogP contribution in [0.15, 0.2) is 24.3 Å². The third kappa shape index (κ3) is 1.45. The minimum atomic E-state index is -0.366. The number of benzene rings is 1. The van der Waals surface area contributed by atoms with Crippen molar-refractivity contribution in [3.8, 4) is 0 Å². The molecule has 0 unspecified atom stereocenters. The Morgan fingerprint density at radius 2 is 2.00 bits per heavy atom. The van der Waals surface area contributed by atoms with E-state index in [0.29, 0.717) is 0 Å². The molecule has 0 saturated carbocycles. The normalized spacial score (nSPS) is 25.7. The summed E-state index contributed by atoms with van der Waals surface area (Å²) in [5.41, 5.74) is 1.99. The Labute approximate surface area is 83.1 Å². The Morgan fingerprint density at radius 1 is 1.29 bits per heavy atom. The van der Waals surface area contributed by atoms with Gasteiger partial charge in [-0.15, -0.1) is 0 Å². The summed E-state index contributed by atoms with van der Waals surface area (Å²) in [6, 6.07) is 7.79. The number of cyclic esters (lactones) is 1. The van der Waals surface area contributed by atoms with Crippen molar-refractivity contribution in [2.45, 2.75) is 25.9 Å². The summed E-state index contributed by atoms with van der Waals surface area (Å²) >= 11 is 0. The third-order valence-electron chi connectivity index (χ3n) is 2.69. The SMILES string of the molecule is C[C@@H]1OC(=O)Nc2ccccc2[C@H]1C. The highest BCUT2D eigenvalue weighted by Gasteiger charge is 2.25. The van der Waals surface area contributed by atoms with E-state index in [1.807, 2.05) is 31.2 Å². The first-order chi connectivity index (χ1) is 6.68. The second-order valence-corrected chi connectivity index (χ2v) is 3.61. The molecule has 0 aliphatic carbocycles. The molecule has 0 aromatic heterocycles. The van der Waals surface area contributed by atoms with Crippen molar-refractivity contribution in [2.24, 2.45) is 0 Å². The average molecular weight is 191 g/mol. The summed E-state index contributed by atoms with van der Waals surface area (Å²) in [6.07, 6.45) is -0.451. The predicted octanol–water partition coefficient (Wildman–Crippen LogP) is 2.74. The van der Waals surface area contributed by atoms with Crippen LogP contribution in [0, 0.1) is 0 Å². The number of hydrogen-bond acceptors (Lipinski definition) is 2. The third-order valence-corrected chi connectivity index (χ3v) is 2.69. The second-order valence-electron chi connectivity index (χ2n) is 3.61. The molecule has 1 aliphatic heterocycles. The Balaban J connectivity index is 2.46. The van der Waals surface area contributed by atoms with Gasteiger partial charge in [-0.1, -0.05) is 25.1 Å². The van der Waals surface area contributed by atoms with E-state index in [1.54, 1.807) is 0 Å². The molecule has 1 N–H and O–H groups in total. The zero-order valence-electron chi connectivity index (χ0n) is 8.28. The van der Waals surface area contributed by atoms with Gasteiger partial charge in [0.2, 0.25) is 0 Å². The van der Waals surface area contributed by atoms with Crippen molar-refractivity contribution in [3.05, 3.63) is 29.8 Å². The maximum Gasteiger partial charge on any atom is 0.411 e. The molecule has 1 aliphatic rings. The van der Waals surface area contributed by atoms with Gasteiger partial charge >= 0.3 is 6.09 Å². The number of carbonyl (C=O) groups is 1. The minimum Gasteiger partial charge on any atom is -0.446 e. The lowest BCUT2D eigenvalue weighted by atomic mass is 9.95. The highest BCUT2D eigenvalue weighted by atomic mass is 16.6. The zero-order valence-corrected chi connectivity index (χ0v) is 8.28. The molecule has 2 rings (SSSR count). The molecule has 1 aromatic rings. The molecule has 3 nitrogen and oxygen atoms in total. The summed E-state index contributed by atoms with van der Waals surface area (Å²) in [7, 11) is 0. The van der Waals surface area contributed by atoms with E-state index in [-0.39, 0.29) is 18.1 Å². The first-order valence-corrected chi connectivity index (χ1v) is 4.75. The van der Waals surface area contributed by atoms with Gasteiger partial charge in [0, 0.05) is 11.6 Å². The second kappa shape index (κ2) is 3.33. The molecule has 2 atom stereocenters. The Kier molecular flexibility index (Phi) is 2.15. The molecule has 74 valence electrons.